The Hall–Kier alpha value is -3.02. The number of carbonyl (C=O) groups is 1. The molecular weight excluding hydrogens is 445 g/mol. The molecule has 4 rings (SSSR count). The number of halogens is 2. The minimum atomic E-state index is -0.302. The summed E-state index contributed by atoms with van der Waals surface area (Å²) in [6.45, 7) is 4.90. The SMILES string of the molecule is Cc1cc(OCCn2c(C(C)NC(=O)c3ccc(Cl)cc3)nc3ccccc32)ccc1Cl. The Kier molecular flexibility index (Phi) is 6.68. The zero-order chi connectivity index (χ0) is 22.7. The summed E-state index contributed by atoms with van der Waals surface area (Å²) in [6, 6.07) is 20.0. The number of para-hydroxylation sites is 2. The summed E-state index contributed by atoms with van der Waals surface area (Å²) < 4.78 is 8.04. The van der Waals surface area contributed by atoms with Crippen molar-refractivity contribution >= 4 is 40.1 Å². The fourth-order valence-corrected chi connectivity index (χ4v) is 3.81. The summed E-state index contributed by atoms with van der Waals surface area (Å²) in [7, 11) is 0. The minimum absolute atomic E-state index is 0.180. The van der Waals surface area contributed by atoms with E-state index in [9.17, 15) is 4.79 Å². The first-order valence-corrected chi connectivity index (χ1v) is 11.1. The van der Waals surface area contributed by atoms with Crippen molar-refractivity contribution in [1.29, 1.82) is 0 Å². The van der Waals surface area contributed by atoms with E-state index in [1.165, 1.54) is 0 Å². The fourth-order valence-electron chi connectivity index (χ4n) is 3.57. The molecule has 0 saturated carbocycles. The molecule has 0 bridgehead atoms. The van der Waals surface area contributed by atoms with Gasteiger partial charge in [-0.05, 0) is 74.0 Å². The topological polar surface area (TPSA) is 56.1 Å². The number of carbonyl (C=O) groups excluding carboxylic acids is 1. The molecule has 0 aliphatic carbocycles. The Labute approximate surface area is 196 Å². The first-order valence-electron chi connectivity index (χ1n) is 10.3. The van der Waals surface area contributed by atoms with Crippen LogP contribution < -0.4 is 10.1 Å². The van der Waals surface area contributed by atoms with E-state index in [1.807, 2.05) is 56.3 Å². The van der Waals surface area contributed by atoms with E-state index in [2.05, 4.69) is 9.88 Å². The molecule has 0 saturated heterocycles. The summed E-state index contributed by atoms with van der Waals surface area (Å²) in [5.41, 5.74) is 3.38. The molecule has 0 radical (unpaired) electrons. The molecule has 7 heteroatoms. The standard InChI is InChI=1S/C25H23Cl2N3O2/c1-16-15-20(11-12-21(16)27)32-14-13-30-23-6-4-3-5-22(23)29-24(30)17(2)28-25(31)18-7-9-19(26)10-8-18/h3-12,15,17H,13-14H2,1-2H3,(H,28,31). The monoisotopic (exact) mass is 467 g/mol. The number of imidazole rings is 1. The third kappa shape index (κ3) is 4.90. The van der Waals surface area contributed by atoms with Crippen molar-refractivity contribution in [3.63, 3.8) is 0 Å². The van der Waals surface area contributed by atoms with Crippen LogP contribution in [-0.2, 0) is 6.54 Å². The zero-order valence-corrected chi connectivity index (χ0v) is 19.3. The second-order valence-electron chi connectivity index (χ2n) is 7.57. The van der Waals surface area contributed by atoms with Crippen LogP contribution >= 0.6 is 23.2 Å². The van der Waals surface area contributed by atoms with E-state index >= 15 is 0 Å². The van der Waals surface area contributed by atoms with Gasteiger partial charge in [0.25, 0.3) is 5.91 Å². The molecule has 1 N–H and O–H groups in total. The second-order valence-corrected chi connectivity index (χ2v) is 8.42. The van der Waals surface area contributed by atoms with Crippen molar-refractivity contribution in [2.75, 3.05) is 6.61 Å². The van der Waals surface area contributed by atoms with Gasteiger partial charge in [0.05, 0.1) is 23.6 Å². The first-order chi connectivity index (χ1) is 15.4. The van der Waals surface area contributed by atoms with Gasteiger partial charge in [-0.3, -0.25) is 4.79 Å². The van der Waals surface area contributed by atoms with Crippen molar-refractivity contribution < 1.29 is 9.53 Å². The lowest BCUT2D eigenvalue weighted by molar-refractivity contribution is 0.0937. The smallest absolute Gasteiger partial charge is 0.251 e. The Morgan fingerprint density at radius 3 is 2.59 bits per heavy atom. The number of amides is 1. The largest absolute Gasteiger partial charge is 0.492 e. The molecule has 0 spiro atoms. The lowest BCUT2D eigenvalue weighted by atomic mass is 10.2. The summed E-state index contributed by atoms with van der Waals surface area (Å²) in [5.74, 6) is 1.35. The van der Waals surface area contributed by atoms with Crippen LogP contribution in [0.5, 0.6) is 5.75 Å². The van der Waals surface area contributed by atoms with E-state index in [4.69, 9.17) is 32.9 Å². The number of rotatable bonds is 7. The highest BCUT2D eigenvalue weighted by atomic mass is 35.5. The average Bonchev–Trinajstić information content (AvgIpc) is 3.15. The molecule has 1 unspecified atom stereocenters. The molecule has 5 nitrogen and oxygen atoms in total. The van der Waals surface area contributed by atoms with Gasteiger partial charge in [0.1, 0.15) is 18.2 Å². The molecule has 1 amide bonds. The van der Waals surface area contributed by atoms with Crippen molar-refractivity contribution in [3.8, 4) is 5.75 Å². The normalized spacial score (nSPS) is 12.0. The molecule has 0 aliphatic heterocycles. The van der Waals surface area contributed by atoms with Crippen molar-refractivity contribution in [1.82, 2.24) is 14.9 Å². The fraction of sp³-hybridized carbons (Fsp3) is 0.200. The van der Waals surface area contributed by atoms with Crippen LogP contribution in [0.4, 0.5) is 0 Å². The Morgan fingerprint density at radius 1 is 1.09 bits per heavy atom. The molecule has 1 heterocycles. The van der Waals surface area contributed by atoms with Gasteiger partial charge in [-0.15, -0.1) is 0 Å². The summed E-state index contributed by atoms with van der Waals surface area (Å²) in [5, 5.41) is 4.34. The van der Waals surface area contributed by atoms with E-state index in [0.717, 1.165) is 28.2 Å². The molecular formula is C25H23Cl2N3O2. The average molecular weight is 468 g/mol. The molecule has 1 atom stereocenters. The Morgan fingerprint density at radius 2 is 1.84 bits per heavy atom. The third-order valence-electron chi connectivity index (χ3n) is 5.24. The summed E-state index contributed by atoms with van der Waals surface area (Å²) in [6.07, 6.45) is 0. The molecule has 164 valence electrons. The number of nitrogens with zero attached hydrogens (tertiary/aromatic N) is 2. The molecule has 0 fully saturated rings. The Balaban J connectivity index is 1.53. The summed E-state index contributed by atoms with van der Waals surface area (Å²) >= 11 is 12.0. The van der Waals surface area contributed by atoms with Gasteiger partial charge in [-0.1, -0.05) is 35.3 Å². The molecule has 1 aromatic heterocycles. The minimum Gasteiger partial charge on any atom is -0.492 e. The van der Waals surface area contributed by atoms with Gasteiger partial charge < -0.3 is 14.6 Å². The molecule has 0 aliphatic rings. The number of hydrogen-bond donors (Lipinski definition) is 1. The van der Waals surface area contributed by atoms with E-state index in [1.54, 1.807) is 24.3 Å². The van der Waals surface area contributed by atoms with Crippen LogP contribution in [-0.4, -0.2) is 22.1 Å². The van der Waals surface area contributed by atoms with Crippen LogP contribution in [0.3, 0.4) is 0 Å². The van der Waals surface area contributed by atoms with Crippen LogP contribution in [0.25, 0.3) is 11.0 Å². The highest BCUT2D eigenvalue weighted by Gasteiger charge is 2.19. The van der Waals surface area contributed by atoms with Gasteiger partial charge in [0, 0.05) is 15.6 Å². The number of aromatic nitrogens is 2. The number of nitrogens with one attached hydrogen (secondary N) is 1. The quantitative estimate of drug-likeness (QED) is 0.350. The predicted molar refractivity (Wildman–Crippen MR) is 129 cm³/mol. The second kappa shape index (κ2) is 9.63. The van der Waals surface area contributed by atoms with Gasteiger partial charge in [-0.25, -0.2) is 4.98 Å². The number of aryl methyl sites for hydroxylation is 1. The number of benzene rings is 3. The van der Waals surface area contributed by atoms with E-state index in [-0.39, 0.29) is 11.9 Å². The molecule has 3 aromatic carbocycles. The summed E-state index contributed by atoms with van der Waals surface area (Å²) in [4.78, 5) is 17.5. The lowest BCUT2D eigenvalue weighted by Gasteiger charge is -2.17. The number of ether oxygens (including phenoxy) is 1. The van der Waals surface area contributed by atoms with Crippen LogP contribution in [0, 0.1) is 6.92 Å². The predicted octanol–water partition coefficient (Wildman–Crippen LogP) is 6.22. The van der Waals surface area contributed by atoms with E-state index in [0.29, 0.717) is 28.8 Å². The maximum Gasteiger partial charge on any atom is 0.251 e. The van der Waals surface area contributed by atoms with Gasteiger partial charge in [0.2, 0.25) is 0 Å². The highest BCUT2D eigenvalue weighted by Crippen LogP contribution is 2.23. The van der Waals surface area contributed by atoms with Gasteiger partial charge in [-0.2, -0.15) is 0 Å². The lowest BCUT2D eigenvalue weighted by Crippen LogP contribution is -2.29. The van der Waals surface area contributed by atoms with Crippen LogP contribution in [0.1, 0.15) is 34.7 Å². The van der Waals surface area contributed by atoms with E-state index < -0.39 is 0 Å². The Bertz CT molecular complexity index is 1250. The maximum absolute atomic E-state index is 12.7. The third-order valence-corrected chi connectivity index (χ3v) is 5.91. The first kappa shape index (κ1) is 22.2. The van der Waals surface area contributed by atoms with Crippen molar-refractivity contribution in [2.45, 2.75) is 26.4 Å². The van der Waals surface area contributed by atoms with Gasteiger partial charge in [0.15, 0.2) is 0 Å². The maximum atomic E-state index is 12.7. The number of fused-ring (bicyclic) bond motifs is 1. The van der Waals surface area contributed by atoms with Crippen molar-refractivity contribution in [2.24, 2.45) is 0 Å². The van der Waals surface area contributed by atoms with Gasteiger partial charge >= 0.3 is 0 Å². The molecule has 32 heavy (non-hydrogen) atoms. The van der Waals surface area contributed by atoms with Crippen molar-refractivity contribution in [3.05, 3.63) is 93.7 Å². The highest BCUT2D eigenvalue weighted by molar-refractivity contribution is 6.31. The zero-order valence-electron chi connectivity index (χ0n) is 17.8. The van der Waals surface area contributed by atoms with Crippen LogP contribution in [0.15, 0.2) is 66.7 Å². The number of hydrogen-bond acceptors (Lipinski definition) is 3. The molecule has 4 aromatic rings. The van der Waals surface area contributed by atoms with Crippen LogP contribution in [0.2, 0.25) is 10.0 Å².